The van der Waals surface area contributed by atoms with Crippen molar-refractivity contribution in [3.63, 3.8) is 0 Å². The van der Waals surface area contributed by atoms with Gasteiger partial charge < -0.3 is 10.2 Å². The quantitative estimate of drug-likeness (QED) is 0.594. The third-order valence-electron chi connectivity index (χ3n) is 4.73. The van der Waals surface area contributed by atoms with E-state index in [2.05, 4.69) is 5.32 Å². The molecule has 0 aliphatic carbocycles. The van der Waals surface area contributed by atoms with E-state index in [1.165, 1.54) is 17.8 Å². The van der Waals surface area contributed by atoms with Gasteiger partial charge in [0.25, 0.3) is 0 Å². The molecule has 2 rings (SSSR count). The number of nitrogens with one attached hydrogen (secondary N) is 1. The Morgan fingerprint density at radius 3 is 2.37 bits per heavy atom. The normalized spacial score (nSPS) is 11.9. The summed E-state index contributed by atoms with van der Waals surface area (Å²) in [6.45, 7) is 8.09. The molecule has 0 spiro atoms. The molecule has 0 aliphatic rings. The van der Waals surface area contributed by atoms with E-state index < -0.39 is 6.04 Å². The minimum Gasteiger partial charge on any atom is -0.352 e. The smallest absolute Gasteiger partial charge is 0.243 e. The van der Waals surface area contributed by atoms with Crippen molar-refractivity contribution in [1.82, 2.24) is 10.2 Å². The van der Waals surface area contributed by atoms with Crippen LogP contribution in [0.25, 0.3) is 0 Å². The average molecular weight is 431 g/mol. The number of carbonyl (C=O) groups is 2. The van der Waals surface area contributed by atoms with E-state index in [1.807, 2.05) is 52.0 Å². The molecule has 2 aromatic rings. The molecule has 0 bridgehead atoms. The number of hydrogen-bond acceptors (Lipinski definition) is 3. The standard InChI is InChI=1S/C24H31FN2O2S/c1-5-22(24(29)26-17(2)3)27(14-19-12-10-18(4)11-13-19)23(28)16-30-15-20-8-6-7-9-21(20)25/h6-13,17,22H,5,14-16H2,1-4H3,(H,26,29). The summed E-state index contributed by atoms with van der Waals surface area (Å²) in [4.78, 5) is 27.5. The molecule has 0 saturated carbocycles. The molecule has 0 heterocycles. The van der Waals surface area contributed by atoms with Gasteiger partial charge in [-0.2, -0.15) is 0 Å². The predicted octanol–water partition coefficient (Wildman–Crippen LogP) is 4.70. The SMILES string of the molecule is CCC(C(=O)NC(C)C)N(Cc1ccc(C)cc1)C(=O)CSCc1ccccc1F. The minimum absolute atomic E-state index is 0.00157. The van der Waals surface area contributed by atoms with E-state index in [0.717, 1.165) is 11.1 Å². The van der Waals surface area contributed by atoms with Gasteiger partial charge in [0, 0.05) is 18.3 Å². The Hall–Kier alpha value is -2.34. The maximum atomic E-state index is 13.8. The molecule has 162 valence electrons. The molecule has 0 fully saturated rings. The molecule has 0 aliphatic heterocycles. The molecular formula is C24H31FN2O2S. The van der Waals surface area contributed by atoms with E-state index in [1.54, 1.807) is 23.1 Å². The molecule has 2 amide bonds. The van der Waals surface area contributed by atoms with Crippen molar-refractivity contribution >= 4 is 23.6 Å². The van der Waals surface area contributed by atoms with Gasteiger partial charge in [-0.25, -0.2) is 4.39 Å². The number of aryl methyl sites for hydroxylation is 1. The molecular weight excluding hydrogens is 399 g/mol. The van der Waals surface area contributed by atoms with Gasteiger partial charge in [-0.1, -0.05) is 55.0 Å². The summed E-state index contributed by atoms with van der Waals surface area (Å²) in [6.07, 6.45) is 0.522. The number of rotatable bonds is 10. The maximum Gasteiger partial charge on any atom is 0.243 e. The number of hydrogen-bond donors (Lipinski definition) is 1. The van der Waals surface area contributed by atoms with E-state index in [0.29, 0.717) is 24.3 Å². The van der Waals surface area contributed by atoms with Crippen LogP contribution in [0.3, 0.4) is 0 Å². The highest BCUT2D eigenvalue weighted by Gasteiger charge is 2.28. The van der Waals surface area contributed by atoms with Gasteiger partial charge in [0.15, 0.2) is 0 Å². The number of nitrogens with zero attached hydrogens (tertiary/aromatic N) is 1. The van der Waals surface area contributed by atoms with Crippen LogP contribution in [0.1, 0.15) is 43.9 Å². The third-order valence-corrected chi connectivity index (χ3v) is 5.70. The first kappa shape index (κ1) is 23.9. The van der Waals surface area contributed by atoms with Crippen molar-refractivity contribution in [2.45, 2.75) is 58.5 Å². The summed E-state index contributed by atoms with van der Waals surface area (Å²) < 4.78 is 13.8. The highest BCUT2D eigenvalue weighted by Crippen LogP contribution is 2.19. The zero-order valence-corrected chi connectivity index (χ0v) is 19.0. The van der Waals surface area contributed by atoms with Gasteiger partial charge in [-0.3, -0.25) is 9.59 Å². The van der Waals surface area contributed by atoms with Gasteiger partial charge in [-0.05, 0) is 44.4 Å². The molecule has 0 aromatic heterocycles. The van der Waals surface area contributed by atoms with Crippen molar-refractivity contribution in [2.24, 2.45) is 0 Å². The molecule has 0 radical (unpaired) electrons. The van der Waals surface area contributed by atoms with E-state index in [-0.39, 0.29) is 29.4 Å². The summed E-state index contributed by atoms with van der Waals surface area (Å²) in [5, 5.41) is 2.92. The van der Waals surface area contributed by atoms with Gasteiger partial charge in [0.1, 0.15) is 11.9 Å². The topological polar surface area (TPSA) is 49.4 Å². The molecule has 1 atom stereocenters. The van der Waals surface area contributed by atoms with Gasteiger partial charge in [0.05, 0.1) is 5.75 Å². The lowest BCUT2D eigenvalue weighted by atomic mass is 10.1. The minimum atomic E-state index is -0.546. The number of benzene rings is 2. The summed E-state index contributed by atoms with van der Waals surface area (Å²) in [5.74, 6) is 0.0590. The Bertz CT molecular complexity index is 839. The number of halogens is 1. The molecule has 1 unspecified atom stereocenters. The van der Waals surface area contributed by atoms with Crippen LogP contribution in [0.5, 0.6) is 0 Å². The summed E-state index contributed by atoms with van der Waals surface area (Å²) in [5.41, 5.74) is 2.69. The van der Waals surface area contributed by atoms with Crippen LogP contribution in [0.4, 0.5) is 4.39 Å². The first-order valence-electron chi connectivity index (χ1n) is 10.3. The van der Waals surface area contributed by atoms with Gasteiger partial charge in [0.2, 0.25) is 11.8 Å². The monoisotopic (exact) mass is 430 g/mol. The Morgan fingerprint density at radius 2 is 1.77 bits per heavy atom. The average Bonchev–Trinajstić information content (AvgIpc) is 2.70. The zero-order valence-electron chi connectivity index (χ0n) is 18.2. The van der Waals surface area contributed by atoms with Crippen molar-refractivity contribution in [2.75, 3.05) is 5.75 Å². The van der Waals surface area contributed by atoms with Crippen molar-refractivity contribution in [3.05, 3.63) is 71.0 Å². The van der Waals surface area contributed by atoms with Crippen molar-refractivity contribution in [3.8, 4) is 0 Å². The van der Waals surface area contributed by atoms with Crippen molar-refractivity contribution in [1.29, 1.82) is 0 Å². The Balaban J connectivity index is 2.13. The maximum absolute atomic E-state index is 13.8. The summed E-state index contributed by atoms with van der Waals surface area (Å²) in [7, 11) is 0. The van der Waals surface area contributed by atoms with Crippen LogP contribution in [-0.4, -0.2) is 34.6 Å². The first-order chi connectivity index (χ1) is 14.3. The van der Waals surface area contributed by atoms with Gasteiger partial charge >= 0.3 is 0 Å². The fraction of sp³-hybridized carbons (Fsp3) is 0.417. The molecule has 6 heteroatoms. The molecule has 30 heavy (non-hydrogen) atoms. The van der Waals surface area contributed by atoms with E-state index in [4.69, 9.17) is 0 Å². The van der Waals surface area contributed by atoms with Crippen LogP contribution < -0.4 is 5.32 Å². The number of carbonyl (C=O) groups excluding carboxylic acids is 2. The number of amides is 2. The van der Waals surface area contributed by atoms with Crippen molar-refractivity contribution < 1.29 is 14.0 Å². The Labute approximate surface area is 183 Å². The van der Waals surface area contributed by atoms with E-state index >= 15 is 0 Å². The molecule has 2 aromatic carbocycles. The fourth-order valence-electron chi connectivity index (χ4n) is 3.14. The Morgan fingerprint density at radius 1 is 1.10 bits per heavy atom. The summed E-state index contributed by atoms with van der Waals surface area (Å²) in [6, 6.07) is 14.0. The largest absolute Gasteiger partial charge is 0.352 e. The molecule has 1 N–H and O–H groups in total. The lowest BCUT2D eigenvalue weighted by molar-refractivity contribution is -0.139. The highest BCUT2D eigenvalue weighted by molar-refractivity contribution is 7.99. The fourth-order valence-corrected chi connectivity index (χ4v) is 4.03. The molecule has 4 nitrogen and oxygen atoms in total. The zero-order chi connectivity index (χ0) is 22.1. The lowest BCUT2D eigenvalue weighted by Gasteiger charge is -2.31. The third kappa shape index (κ3) is 7.17. The lowest BCUT2D eigenvalue weighted by Crippen LogP contribution is -2.50. The highest BCUT2D eigenvalue weighted by atomic mass is 32.2. The second-order valence-electron chi connectivity index (χ2n) is 7.68. The van der Waals surface area contributed by atoms with Crippen LogP contribution in [0.15, 0.2) is 48.5 Å². The second kappa shape index (κ2) is 11.7. The van der Waals surface area contributed by atoms with E-state index in [9.17, 15) is 14.0 Å². The second-order valence-corrected chi connectivity index (χ2v) is 8.66. The van der Waals surface area contributed by atoms with Crippen LogP contribution in [-0.2, 0) is 21.9 Å². The Kier molecular flexibility index (Phi) is 9.37. The molecule has 0 saturated heterocycles. The first-order valence-corrected chi connectivity index (χ1v) is 11.4. The van der Waals surface area contributed by atoms with Gasteiger partial charge in [-0.15, -0.1) is 11.8 Å². The summed E-state index contributed by atoms with van der Waals surface area (Å²) >= 11 is 1.36. The van der Waals surface area contributed by atoms with Crippen LogP contribution in [0, 0.1) is 12.7 Å². The van der Waals surface area contributed by atoms with Crippen LogP contribution >= 0.6 is 11.8 Å². The number of thioether (sulfide) groups is 1. The predicted molar refractivity (Wildman–Crippen MR) is 122 cm³/mol. The van der Waals surface area contributed by atoms with Crippen LogP contribution in [0.2, 0.25) is 0 Å².